The van der Waals surface area contributed by atoms with Gasteiger partial charge in [-0.25, -0.2) is 0 Å². The van der Waals surface area contributed by atoms with Crippen molar-refractivity contribution in [2.24, 2.45) is 0 Å². The van der Waals surface area contributed by atoms with E-state index in [1.807, 2.05) is 26.8 Å². The van der Waals surface area contributed by atoms with Gasteiger partial charge in [0.05, 0.1) is 10.6 Å². The van der Waals surface area contributed by atoms with Gasteiger partial charge in [-0.05, 0) is 31.8 Å². The largest absolute Gasteiger partial charge is 0.506 e. The number of benzene rings is 1. The summed E-state index contributed by atoms with van der Waals surface area (Å²) in [6.45, 7) is 5.75. The van der Waals surface area contributed by atoms with Crippen LogP contribution in [0.2, 0.25) is 5.02 Å². The topological polar surface area (TPSA) is 29.5 Å². The number of phenols is 1. The van der Waals surface area contributed by atoms with Crippen LogP contribution < -0.4 is 5.46 Å². The highest BCUT2D eigenvalue weighted by atomic mass is 35.5. The summed E-state index contributed by atoms with van der Waals surface area (Å²) in [5.74, 6) is 0.171. The first-order chi connectivity index (χ1) is 6.43. The van der Waals surface area contributed by atoms with E-state index in [1.54, 1.807) is 0 Å². The molecule has 0 fully saturated rings. The first-order valence-corrected chi connectivity index (χ1v) is 4.96. The van der Waals surface area contributed by atoms with Crippen LogP contribution >= 0.6 is 11.6 Å². The van der Waals surface area contributed by atoms with Crippen LogP contribution in [-0.4, -0.2) is 12.6 Å². The van der Waals surface area contributed by atoms with E-state index in [-0.39, 0.29) is 5.75 Å². The Balaban J connectivity index is 2.73. The Kier molecular flexibility index (Phi) is 2.05. The number of halogens is 1. The molecule has 1 aromatic rings. The van der Waals surface area contributed by atoms with Gasteiger partial charge in [-0.3, -0.25) is 0 Å². The van der Waals surface area contributed by atoms with Gasteiger partial charge in [0, 0.05) is 5.56 Å². The van der Waals surface area contributed by atoms with Crippen LogP contribution in [0.25, 0.3) is 0 Å². The van der Waals surface area contributed by atoms with Crippen molar-refractivity contribution < 1.29 is 9.76 Å². The summed E-state index contributed by atoms with van der Waals surface area (Å²) < 4.78 is 5.58. The fourth-order valence-corrected chi connectivity index (χ4v) is 2.11. The molecule has 0 bridgehead atoms. The minimum absolute atomic E-state index is 0.171. The molecule has 74 valence electrons. The molecule has 0 spiro atoms. The minimum atomic E-state index is -0.434. The van der Waals surface area contributed by atoms with Crippen LogP contribution in [0.3, 0.4) is 0 Å². The Hall–Kier alpha value is -0.665. The number of aromatic hydroxyl groups is 1. The molecule has 0 atom stereocenters. The van der Waals surface area contributed by atoms with Crippen LogP contribution in [-0.2, 0) is 10.3 Å². The van der Waals surface area contributed by atoms with Gasteiger partial charge in [0.1, 0.15) is 5.75 Å². The van der Waals surface area contributed by atoms with E-state index < -0.39 is 5.60 Å². The monoisotopic (exact) mass is 210 g/mol. The lowest BCUT2D eigenvalue weighted by Crippen LogP contribution is -2.17. The number of hydrogen-bond donors (Lipinski definition) is 1. The van der Waals surface area contributed by atoms with Crippen molar-refractivity contribution in [1.29, 1.82) is 0 Å². The third-order valence-corrected chi connectivity index (χ3v) is 3.17. The third-order valence-electron chi connectivity index (χ3n) is 2.69. The van der Waals surface area contributed by atoms with Crippen molar-refractivity contribution in [3.8, 4) is 5.75 Å². The van der Waals surface area contributed by atoms with Gasteiger partial charge in [0.2, 0.25) is 0 Å². The van der Waals surface area contributed by atoms with Gasteiger partial charge in [-0.2, -0.15) is 0 Å². The molecule has 2 rings (SSSR count). The fourth-order valence-electron chi connectivity index (χ4n) is 1.96. The van der Waals surface area contributed by atoms with Crippen molar-refractivity contribution >= 4 is 24.5 Å². The predicted molar refractivity (Wildman–Crippen MR) is 58.7 cm³/mol. The third kappa shape index (κ3) is 1.23. The maximum Gasteiger partial charge on any atom is 0.310 e. The molecule has 0 amide bonds. The average Bonchev–Trinajstić information content (AvgIpc) is 2.38. The smallest absolute Gasteiger partial charge is 0.310 e. The van der Waals surface area contributed by atoms with E-state index in [0.717, 1.165) is 16.6 Å². The van der Waals surface area contributed by atoms with E-state index >= 15 is 0 Å². The highest BCUT2D eigenvalue weighted by molar-refractivity contribution is 6.50. The normalized spacial score (nSPS) is 17.7. The van der Waals surface area contributed by atoms with Gasteiger partial charge in [-0.1, -0.05) is 17.7 Å². The molecule has 0 radical (unpaired) electrons. The fraction of sp³-hybridized carbons (Fsp3) is 0.400. The zero-order valence-corrected chi connectivity index (χ0v) is 9.27. The minimum Gasteiger partial charge on any atom is -0.506 e. The maximum atomic E-state index is 9.92. The molecule has 1 heterocycles. The zero-order chi connectivity index (χ0) is 10.5. The van der Waals surface area contributed by atoms with E-state index in [0.29, 0.717) is 12.5 Å². The molecule has 4 heteroatoms. The van der Waals surface area contributed by atoms with E-state index in [4.69, 9.17) is 16.3 Å². The second kappa shape index (κ2) is 2.91. The first-order valence-electron chi connectivity index (χ1n) is 4.59. The lowest BCUT2D eigenvalue weighted by atomic mass is 9.83. The van der Waals surface area contributed by atoms with Crippen LogP contribution in [0.4, 0.5) is 0 Å². The van der Waals surface area contributed by atoms with Crippen LogP contribution in [0.5, 0.6) is 5.75 Å². The number of rotatable bonds is 0. The molecule has 2 nitrogen and oxygen atoms in total. The highest BCUT2D eigenvalue weighted by Crippen LogP contribution is 2.39. The zero-order valence-electron chi connectivity index (χ0n) is 8.52. The summed E-state index contributed by atoms with van der Waals surface area (Å²) in [5.41, 5.74) is 2.32. The summed E-state index contributed by atoms with van der Waals surface area (Å²) in [5, 5.41) is 10.4. The molecule has 1 aliphatic heterocycles. The standard InChI is InChI=1S/C10H12BClO2/c1-5-4-6-7(9(13)8(5)12)10(2,3)14-11-6/h4,11,13H,1-3H3. The molecule has 0 saturated carbocycles. The number of fused-ring (bicyclic) bond motifs is 1. The molecule has 1 N–H and O–H groups in total. The molecule has 0 saturated heterocycles. The predicted octanol–water partition coefficient (Wildman–Crippen LogP) is 1.60. The van der Waals surface area contributed by atoms with Crippen LogP contribution in [0, 0.1) is 6.92 Å². The molecule has 0 aromatic heterocycles. The molecule has 0 aliphatic carbocycles. The number of aryl methyl sites for hydroxylation is 1. The lowest BCUT2D eigenvalue weighted by Gasteiger charge is -2.21. The Morgan fingerprint density at radius 2 is 2.14 bits per heavy atom. The summed E-state index contributed by atoms with van der Waals surface area (Å²) in [6.07, 6.45) is 0. The Bertz CT molecular complexity index is 402. The van der Waals surface area contributed by atoms with Crippen molar-refractivity contribution in [3.05, 3.63) is 22.2 Å². The molecular formula is C10H12BClO2. The summed E-state index contributed by atoms with van der Waals surface area (Å²) in [6, 6.07) is 1.98. The average molecular weight is 210 g/mol. The van der Waals surface area contributed by atoms with Gasteiger partial charge in [0.15, 0.2) is 0 Å². The quantitative estimate of drug-likeness (QED) is 0.659. The van der Waals surface area contributed by atoms with Gasteiger partial charge in [-0.15, -0.1) is 0 Å². The van der Waals surface area contributed by atoms with Crippen LogP contribution in [0.15, 0.2) is 6.07 Å². The maximum absolute atomic E-state index is 9.92. The molecular weight excluding hydrogens is 198 g/mol. The van der Waals surface area contributed by atoms with Gasteiger partial charge < -0.3 is 9.76 Å². The van der Waals surface area contributed by atoms with Gasteiger partial charge in [0.25, 0.3) is 0 Å². The van der Waals surface area contributed by atoms with Gasteiger partial charge >= 0.3 is 7.48 Å². The second-order valence-electron chi connectivity index (χ2n) is 4.19. The molecule has 1 aromatic carbocycles. The highest BCUT2D eigenvalue weighted by Gasteiger charge is 2.35. The lowest BCUT2D eigenvalue weighted by molar-refractivity contribution is 0.128. The Morgan fingerprint density at radius 1 is 1.50 bits per heavy atom. The van der Waals surface area contributed by atoms with Crippen LogP contribution in [0.1, 0.15) is 25.0 Å². The summed E-state index contributed by atoms with van der Waals surface area (Å²) >= 11 is 5.98. The second-order valence-corrected chi connectivity index (χ2v) is 4.57. The molecule has 1 aliphatic rings. The first kappa shape index (κ1) is 9.87. The van der Waals surface area contributed by atoms with E-state index in [1.165, 1.54) is 0 Å². The Morgan fingerprint density at radius 3 is 2.79 bits per heavy atom. The SMILES string of the molecule is Cc1cc2c(c(O)c1Cl)C(C)(C)OB2. The molecule has 14 heavy (non-hydrogen) atoms. The Labute approximate surface area is 89.1 Å². The van der Waals surface area contributed by atoms with E-state index in [9.17, 15) is 5.11 Å². The summed E-state index contributed by atoms with van der Waals surface area (Å²) in [4.78, 5) is 0. The van der Waals surface area contributed by atoms with Crippen molar-refractivity contribution in [2.45, 2.75) is 26.4 Å². The van der Waals surface area contributed by atoms with Crippen molar-refractivity contribution in [2.75, 3.05) is 0 Å². The van der Waals surface area contributed by atoms with E-state index in [2.05, 4.69) is 0 Å². The number of phenolic OH excluding ortho intramolecular Hbond substituents is 1. The molecule has 0 unspecified atom stereocenters. The number of hydrogen-bond acceptors (Lipinski definition) is 2. The van der Waals surface area contributed by atoms with Crippen molar-refractivity contribution in [3.63, 3.8) is 0 Å². The summed E-state index contributed by atoms with van der Waals surface area (Å²) in [7, 11) is 0.550. The van der Waals surface area contributed by atoms with Crippen molar-refractivity contribution in [1.82, 2.24) is 0 Å².